The van der Waals surface area contributed by atoms with Crippen molar-refractivity contribution in [3.8, 4) is 0 Å². The molecule has 0 unspecified atom stereocenters. The molecule has 1 N–H and O–H groups in total. The molecule has 1 rings (SSSR count). The number of rotatable bonds is 6. The Morgan fingerprint density at radius 2 is 2.12 bits per heavy atom. The van der Waals surface area contributed by atoms with Gasteiger partial charge < -0.3 is 5.32 Å². The number of carbonyl (C=O) groups excluding carboxylic acids is 1. The highest BCUT2D eigenvalue weighted by molar-refractivity contribution is 9.10. The molecule has 0 aliphatic heterocycles. The first-order chi connectivity index (χ1) is 8.15. The summed E-state index contributed by atoms with van der Waals surface area (Å²) in [6.45, 7) is 2.74. The fourth-order valence-electron chi connectivity index (χ4n) is 1.52. The standard InChI is InChI=1S/C13H17BrFNO/c1-2-3-4-5-8-16-13(17)11-9-10(14)6-7-12(11)15/h6-7,9H,2-5,8H2,1H3,(H,16,17). The van der Waals surface area contributed by atoms with Gasteiger partial charge in [0.15, 0.2) is 0 Å². The van der Waals surface area contributed by atoms with E-state index in [4.69, 9.17) is 0 Å². The number of nitrogens with one attached hydrogen (secondary N) is 1. The molecule has 0 saturated carbocycles. The van der Waals surface area contributed by atoms with Gasteiger partial charge in [-0.2, -0.15) is 0 Å². The summed E-state index contributed by atoms with van der Waals surface area (Å²) in [6.07, 6.45) is 4.36. The maximum Gasteiger partial charge on any atom is 0.254 e. The number of hydrogen-bond donors (Lipinski definition) is 1. The summed E-state index contributed by atoms with van der Waals surface area (Å²) in [6, 6.07) is 4.36. The quantitative estimate of drug-likeness (QED) is 0.793. The van der Waals surface area contributed by atoms with Crippen molar-refractivity contribution in [1.82, 2.24) is 5.32 Å². The van der Waals surface area contributed by atoms with E-state index < -0.39 is 5.82 Å². The molecule has 1 amide bonds. The van der Waals surface area contributed by atoms with Gasteiger partial charge in [0.25, 0.3) is 5.91 Å². The average molecular weight is 302 g/mol. The van der Waals surface area contributed by atoms with Crippen molar-refractivity contribution in [1.29, 1.82) is 0 Å². The molecule has 0 spiro atoms. The summed E-state index contributed by atoms with van der Waals surface area (Å²) in [5.74, 6) is -0.834. The van der Waals surface area contributed by atoms with Crippen molar-refractivity contribution in [3.63, 3.8) is 0 Å². The molecule has 2 nitrogen and oxygen atoms in total. The Bertz CT molecular complexity index is 382. The van der Waals surface area contributed by atoms with Crippen molar-refractivity contribution in [3.05, 3.63) is 34.1 Å². The fourth-order valence-corrected chi connectivity index (χ4v) is 1.88. The third-order valence-corrected chi connectivity index (χ3v) is 2.98. The van der Waals surface area contributed by atoms with Crippen molar-refractivity contribution in [2.45, 2.75) is 32.6 Å². The lowest BCUT2D eigenvalue weighted by Crippen LogP contribution is -2.25. The van der Waals surface area contributed by atoms with E-state index in [2.05, 4.69) is 28.2 Å². The molecule has 0 aliphatic rings. The van der Waals surface area contributed by atoms with Gasteiger partial charge in [-0.25, -0.2) is 4.39 Å². The Morgan fingerprint density at radius 1 is 1.35 bits per heavy atom. The average Bonchev–Trinajstić information content (AvgIpc) is 2.32. The van der Waals surface area contributed by atoms with Crippen LogP contribution < -0.4 is 5.32 Å². The second-order valence-electron chi connectivity index (χ2n) is 3.94. The molecule has 1 aromatic rings. The molecule has 0 atom stereocenters. The topological polar surface area (TPSA) is 29.1 Å². The van der Waals surface area contributed by atoms with E-state index in [1.165, 1.54) is 18.6 Å². The van der Waals surface area contributed by atoms with Crippen LogP contribution >= 0.6 is 15.9 Å². The molecule has 1 aromatic carbocycles. The molecule has 4 heteroatoms. The predicted molar refractivity (Wildman–Crippen MR) is 70.6 cm³/mol. The smallest absolute Gasteiger partial charge is 0.254 e. The lowest BCUT2D eigenvalue weighted by Gasteiger charge is -2.06. The maximum atomic E-state index is 13.4. The largest absolute Gasteiger partial charge is 0.352 e. The highest BCUT2D eigenvalue weighted by atomic mass is 79.9. The Hall–Kier alpha value is -0.900. The Morgan fingerprint density at radius 3 is 2.82 bits per heavy atom. The van der Waals surface area contributed by atoms with Crippen LogP contribution in [0.4, 0.5) is 4.39 Å². The van der Waals surface area contributed by atoms with Crippen LogP contribution in [-0.2, 0) is 0 Å². The van der Waals surface area contributed by atoms with Crippen molar-refractivity contribution >= 4 is 21.8 Å². The van der Waals surface area contributed by atoms with Gasteiger partial charge >= 0.3 is 0 Å². The van der Waals surface area contributed by atoms with Gasteiger partial charge in [0, 0.05) is 11.0 Å². The number of benzene rings is 1. The van der Waals surface area contributed by atoms with E-state index in [0.717, 1.165) is 19.3 Å². The molecular weight excluding hydrogens is 285 g/mol. The van der Waals surface area contributed by atoms with Crippen LogP contribution in [0.3, 0.4) is 0 Å². The second kappa shape index (κ2) is 7.43. The van der Waals surface area contributed by atoms with Gasteiger partial charge in [0.05, 0.1) is 5.56 Å². The first-order valence-electron chi connectivity index (χ1n) is 5.88. The number of halogens is 2. The minimum Gasteiger partial charge on any atom is -0.352 e. The van der Waals surface area contributed by atoms with E-state index in [1.54, 1.807) is 6.07 Å². The zero-order chi connectivity index (χ0) is 12.7. The molecule has 0 heterocycles. The lowest BCUT2D eigenvalue weighted by molar-refractivity contribution is 0.0949. The Balaban J connectivity index is 2.44. The normalized spacial score (nSPS) is 10.3. The first kappa shape index (κ1) is 14.2. The molecule has 94 valence electrons. The van der Waals surface area contributed by atoms with Crippen molar-refractivity contribution in [2.75, 3.05) is 6.54 Å². The van der Waals surface area contributed by atoms with Crippen LogP contribution in [0.2, 0.25) is 0 Å². The number of carbonyl (C=O) groups is 1. The van der Waals surface area contributed by atoms with E-state index in [9.17, 15) is 9.18 Å². The Labute approximate surface area is 110 Å². The summed E-state index contributed by atoms with van der Waals surface area (Å²) in [5.41, 5.74) is 0.0925. The van der Waals surface area contributed by atoms with Crippen LogP contribution in [0.15, 0.2) is 22.7 Å². The molecule has 0 saturated heterocycles. The van der Waals surface area contributed by atoms with Gasteiger partial charge in [0.2, 0.25) is 0 Å². The number of amides is 1. The summed E-state index contributed by atoms with van der Waals surface area (Å²) < 4.78 is 14.1. The van der Waals surface area contributed by atoms with Gasteiger partial charge in [-0.05, 0) is 24.6 Å². The van der Waals surface area contributed by atoms with Gasteiger partial charge in [-0.1, -0.05) is 42.1 Å². The fraction of sp³-hybridized carbons (Fsp3) is 0.462. The molecule has 0 aromatic heterocycles. The maximum absolute atomic E-state index is 13.4. The third-order valence-electron chi connectivity index (χ3n) is 2.49. The van der Waals surface area contributed by atoms with Crippen LogP contribution in [0.5, 0.6) is 0 Å². The highest BCUT2D eigenvalue weighted by Gasteiger charge is 2.11. The Kier molecular flexibility index (Phi) is 6.19. The monoisotopic (exact) mass is 301 g/mol. The molecular formula is C13H17BrFNO. The molecule has 0 radical (unpaired) electrons. The summed E-state index contributed by atoms with van der Waals surface area (Å²) in [4.78, 5) is 11.7. The first-order valence-corrected chi connectivity index (χ1v) is 6.67. The molecule has 0 aliphatic carbocycles. The summed E-state index contributed by atoms with van der Waals surface area (Å²) in [5, 5.41) is 2.73. The highest BCUT2D eigenvalue weighted by Crippen LogP contribution is 2.15. The number of unbranched alkanes of at least 4 members (excludes halogenated alkanes) is 3. The molecule has 17 heavy (non-hydrogen) atoms. The van der Waals surface area contributed by atoms with Crippen LogP contribution in [0.1, 0.15) is 43.0 Å². The minimum atomic E-state index is -0.487. The van der Waals surface area contributed by atoms with Crippen LogP contribution in [-0.4, -0.2) is 12.5 Å². The molecule has 0 bridgehead atoms. The van der Waals surface area contributed by atoms with E-state index in [0.29, 0.717) is 11.0 Å². The van der Waals surface area contributed by atoms with E-state index >= 15 is 0 Å². The van der Waals surface area contributed by atoms with Crippen LogP contribution in [0.25, 0.3) is 0 Å². The summed E-state index contributed by atoms with van der Waals surface area (Å²) in [7, 11) is 0. The minimum absolute atomic E-state index is 0.0925. The lowest BCUT2D eigenvalue weighted by atomic mass is 10.2. The van der Waals surface area contributed by atoms with Gasteiger partial charge in [-0.15, -0.1) is 0 Å². The molecule has 0 fully saturated rings. The van der Waals surface area contributed by atoms with Crippen molar-refractivity contribution in [2.24, 2.45) is 0 Å². The third kappa shape index (κ3) is 4.86. The van der Waals surface area contributed by atoms with Gasteiger partial charge in [-0.3, -0.25) is 4.79 Å². The van der Waals surface area contributed by atoms with Crippen LogP contribution in [0, 0.1) is 5.82 Å². The van der Waals surface area contributed by atoms with Crippen molar-refractivity contribution < 1.29 is 9.18 Å². The predicted octanol–water partition coefficient (Wildman–Crippen LogP) is 3.90. The number of hydrogen-bond acceptors (Lipinski definition) is 1. The summed E-state index contributed by atoms with van der Waals surface area (Å²) >= 11 is 3.22. The SMILES string of the molecule is CCCCCCNC(=O)c1cc(Br)ccc1F. The zero-order valence-electron chi connectivity index (χ0n) is 9.93. The second-order valence-corrected chi connectivity index (χ2v) is 4.86. The van der Waals surface area contributed by atoms with E-state index in [-0.39, 0.29) is 11.5 Å². The van der Waals surface area contributed by atoms with Gasteiger partial charge in [0.1, 0.15) is 5.82 Å². The van der Waals surface area contributed by atoms with E-state index in [1.807, 2.05) is 0 Å². The zero-order valence-corrected chi connectivity index (χ0v) is 11.5.